The molecule has 0 saturated heterocycles. The Kier molecular flexibility index (Phi) is 12.4. The summed E-state index contributed by atoms with van der Waals surface area (Å²) in [6.07, 6.45) is 12.9. The highest BCUT2D eigenvalue weighted by molar-refractivity contribution is 9.21. The van der Waals surface area contributed by atoms with Gasteiger partial charge < -0.3 is 0 Å². The highest BCUT2D eigenvalue weighted by Gasteiger charge is 2.44. The lowest BCUT2D eigenvalue weighted by Crippen LogP contribution is -2.61. The molecule has 0 aliphatic rings. The number of halogens is 2. The molecule has 0 aromatic heterocycles. The molecule has 0 aliphatic carbocycles. The Labute approximate surface area is 162 Å². The molecule has 0 aliphatic heterocycles. The Morgan fingerprint density at radius 2 is 1.30 bits per heavy atom. The Morgan fingerprint density at radius 1 is 0.826 bits per heavy atom. The van der Waals surface area contributed by atoms with Gasteiger partial charge in [0.15, 0.2) is 0 Å². The van der Waals surface area contributed by atoms with Crippen molar-refractivity contribution < 1.29 is 0 Å². The third-order valence-electron chi connectivity index (χ3n) is 5.34. The summed E-state index contributed by atoms with van der Waals surface area (Å²) in [5, 5.41) is 0. The van der Waals surface area contributed by atoms with Crippen LogP contribution < -0.4 is 0 Å². The van der Waals surface area contributed by atoms with Gasteiger partial charge in [0.2, 0.25) is 0 Å². The third-order valence-corrected chi connectivity index (χ3v) is 7.11. The predicted octanol–water partition coefficient (Wildman–Crippen LogP) is 7.09. The first-order chi connectivity index (χ1) is 10.7. The topological polar surface area (TPSA) is 6.48 Å². The maximum absolute atomic E-state index is 3.95. The minimum atomic E-state index is -0.0455. The summed E-state index contributed by atoms with van der Waals surface area (Å²) in [6, 6.07) is 0. The zero-order valence-electron chi connectivity index (χ0n) is 16.0. The van der Waals surface area contributed by atoms with Crippen LogP contribution in [0.15, 0.2) is 12.7 Å². The molecule has 0 bridgehead atoms. The fourth-order valence-electron chi connectivity index (χ4n) is 2.79. The van der Waals surface area contributed by atoms with Gasteiger partial charge in [-0.25, -0.2) is 0 Å². The Morgan fingerprint density at radius 3 is 1.74 bits per heavy atom. The summed E-state index contributed by atoms with van der Waals surface area (Å²) >= 11 is 7.14. The van der Waals surface area contributed by atoms with Crippen molar-refractivity contribution in [1.82, 2.24) is 7.85 Å². The van der Waals surface area contributed by atoms with E-state index in [9.17, 15) is 0 Å². The molecule has 2 nitrogen and oxygen atoms in total. The summed E-state index contributed by atoms with van der Waals surface area (Å²) in [5.74, 6) is 0. The molecule has 23 heavy (non-hydrogen) atoms. The van der Waals surface area contributed by atoms with Crippen LogP contribution in [0.25, 0.3) is 0 Å². The summed E-state index contributed by atoms with van der Waals surface area (Å²) in [5.41, 5.74) is -0.0223. The first-order valence-corrected chi connectivity index (χ1v) is 10.6. The van der Waals surface area contributed by atoms with Crippen LogP contribution in [0.1, 0.15) is 86.0 Å². The standard InChI is InChI=1S/C19H38Br2N2/c1-7-9-10-11-12-13-14-15-17-22(16-8-2)18(3,4)19(5,6)23(20)21/h8H,2,7,9-17H2,1,3-6H3. The normalized spacial score (nSPS) is 13.1. The summed E-state index contributed by atoms with van der Waals surface area (Å²) in [7, 11) is 0. The first kappa shape index (κ1) is 23.6. The zero-order chi connectivity index (χ0) is 17.9. The van der Waals surface area contributed by atoms with Gasteiger partial charge in [0.1, 0.15) is 0 Å². The van der Waals surface area contributed by atoms with Crippen LogP contribution in [0.4, 0.5) is 0 Å². The van der Waals surface area contributed by atoms with Gasteiger partial charge >= 0.3 is 0 Å². The van der Waals surface area contributed by atoms with Gasteiger partial charge in [0, 0.05) is 44.4 Å². The van der Waals surface area contributed by atoms with Crippen molar-refractivity contribution in [1.29, 1.82) is 0 Å². The van der Waals surface area contributed by atoms with Gasteiger partial charge in [-0.2, -0.15) is 2.95 Å². The molecule has 0 aromatic rings. The van der Waals surface area contributed by atoms with E-state index in [1.165, 1.54) is 51.4 Å². The van der Waals surface area contributed by atoms with Crippen LogP contribution in [0.2, 0.25) is 0 Å². The molecule has 0 spiro atoms. The molecule has 4 heteroatoms. The summed E-state index contributed by atoms with van der Waals surface area (Å²) in [6.45, 7) is 17.4. The molecule has 0 aromatic carbocycles. The lowest BCUT2D eigenvalue weighted by molar-refractivity contribution is 0.0413. The lowest BCUT2D eigenvalue weighted by Gasteiger charge is -2.50. The van der Waals surface area contributed by atoms with Gasteiger partial charge in [0.05, 0.1) is 5.54 Å². The summed E-state index contributed by atoms with van der Waals surface area (Å²) in [4.78, 5) is 2.55. The SMILES string of the molecule is C=CCN(CCCCCCCCCC)C(C)(C)C(C)(C)N(Br)Br. The average Bonchev–Trinajstić information content (AvgIpc) is 2.48. The maximum Gasteiger partial charge on any atom is 0.0553 e. The Bertz CT molecular complexity index is 314. The van der Waals surface area contributed by atoms with E-state index in [1.807, 2.05) is 9.03 Å². The largest absolute Gasteiger partial charge is 0.293 e. The molecular formula is C19H38Br2N2. The van der Waals surface area contributed by atoms with Crippen molar-refractivity contribution in [2.75, 3.05) is 13.1 Å². The molecule has 0 saturated carbocycles. The number of nitrogens with zero attached hydrogens (tertiary/aromatic N) is 2. The minimum absolute atomic E-state index is 0.0231. The molecule has 0 heterocycles. The third kappa shape index (κ3) is 8.02. The number of rotatable bonds is 14. The van der Waals surface area contributed by atoms with Crippen molar-refractivity contribution in [3.63, 3.8) is 0 Å². The fourth-order valence-corrected chi connectivity index (χ4v) is 3.65. The Balaban J connectivity index is 4.33. The second-order valence-electron chi connectivity index (χ2n) is 7.56. The highest BCUT2D eigenvalue weighted by atomic mass is 79.9. The second-order valence-corrected chi connectivity index (χ2v) is 9.93. The van der Waals surface area contributed by atoms with Gasteiger partial charge in [-0.3, -0.25) is 4.90 Å². The van der Waals surface area contributed by atoms with E-state index in [4.69, 9.17) is 0 Å². The molecule has 0 atom stereocenters. The van der Waals surface area contributed by atoms with E-state index in [-0.39, 0.29) is 11.1 Å². The van der Waals surface area contributed by atoms with Gasteiger partial charge in [-0.15, -0.1) is 6.58 Å². The molecule has 0 radical (unpaired) electrons. The maximum atomic E-state index is 3.95. The van der Waals surface area contributed by atoms with Crippen molar-refractivity contribution in [2.24, 2.45) is 0 Å². The zero-order valence-corrected chi connectivity index (χ0v) is 19.2. The molecule has 0 amide bonds. The first-order valence-electron chi connectivity index (χ1n) is 9.19. The number of hydrogen-bond acceptors (Lipinski definition) is 2. The average molecular weight is 454 g/mol. The van der Waals surface area contributed by atoms with Crippen molar-refractivity contribution >= 4 is 32.3 Å². The molecule has 0 unspecified atom stereocenters. The Hall–Kier alpha value is 0.620. The van der Waals surface area contributed by atoms with Gasteiger partial charge in [-0.05, 0) is 40.7 Å². The predicted molar refractivity (Wildman–Crippen MR) is 112 cm³/mol. The molecular weight excluding hydrogens is 416 g/mol. The smallest absolute Gasteiger partial charge is 0.0553 e. The lowest BCUT2D eigenvalue weighted by atomic mass is 9.81. The van der Waals surface area contributed by atoms with Crippen LogP contribution in [-0.4, -0.2) is 32.0 Å². The van der Waals surface area contributed by atoms with Crippen LogP contribution in [0.5, 0.6) is 0 Å². The second kappa shape index (κ2) is 12.1. The van der Waals surface area contributed by atoms with Crippen LogP contribution in [-0.2, 0) is 0 Å². The van der Waals surface area contributed by atoms with Crippen LogP contribution >= 0.6 is 32.3 Å². The molecule has 0 fully saturated rings. The minimum Gasteiger partial charge on any atom is -0.293 e. The van der Waals surface area contributed by atoms with E-state index in [2.05, 4.69) is 78.4 Å². The van der Waals surface area contributed by atoms with E-state index in [0.29, 0.717) is 0 Å². The molecule has 138 valence electrons. The molecule has 0 rings (SSSR count). The van der Waals surface area contributed by atoms with Crippen LogP contribution in [0.3, 0.4) is 0 Å². The number of unbranched alkanes of at least 4 members (excludes halogenated alkanes) is 7. The van der Waals surface area contributed by atoms with E-state index >= 15 is 0 Å². The number of hydrogen-bond donors (Lipinski definition) is 0. The van der Waals surface area contributed by atoms with E-state index in [1.54, 1.807) is 0 Å². The van der Waals surface area contributed by atoms with Crippen LogP contribution in [0, 0.1) is 0 Å². The quantitative estimate of drug-likeness (QED) is 0.157. The van der Waals surface area contributed by atoms with E-state index < -0.39 is 0 Å². The van der Waals surface area contributed by atoms with Crippen molar-refractivity contribution in [2.45, 2.75) is 97.1 Å². The van der Waals surface area contributed by atoms with Crippen molar-refractivity contribution in [3.8, 4) is 0 Å². The van der Waals surface area contributed by atoms with Crippen molar-refractivity contribution in [3.05, 3.63) is 12.7 Å². The highest BCUT2D eigenvalue weighted by Crippen LogP contribution is 2.37. The van der Waals surface area contributed by atoms with Gasteiger partial charge in [0.25, 0.3) is 0 Å². The monoisotopic (exact) mass is 452 g/mol. The fraction of sp³-hybridized carbons (Fsp3) is 0.895. The molecule has 0 N–H and O–H groups in total. The van der Waals surface area contributed by atoms with Gasteiger partial charge in [-0.1, -0.05) is 57.9 Å². The summed E-state index contributed by atoms with van der Waals surface area (Å²) < 4.78 is 1.97. The van der Waals surface area contributed by atoms with E-state index in [0.717, 1.165) is 13.1 Å².